The molecule has 0 aromatic heterocycles. The second-order valence-corrected chi connectivity index (χ2v) is 3.96. The van der Waals surface area contributed by atoms with Gasteiger partial charge in [-0.05, 0) is 19.1 Å². The number of hydrogen-bond donors (Lipinski definition) is 3. The van der Waals surface area contributed by atoms with Crippen LogP contribution in [-0.4, -0.2) is 23.6 Å². The molecule has 1 aromatic rings. The zero-order chi connectivity index (χ0) is 13.8. The molecule has 1 aliphatic rings. The summed E-state index contributed by atoms with van der Waals surface area (Å²) in [5.41, 5.74) is 3.37. The molecule has 1 aliphatic heterocycles. The number of para-hydroxylation sites is 1. The van der Waals surface area contributed by atoms with Crippen molar-refractivity contribution in [1.29, 1.82) is 0 Å². The van der Waals surface area contributed by atoms with Crippen LogP contribution in [0.1, 0.15) is 6.92 Å². The Morgan fingerprint density at radius 2 is 1.74 bits per heavy atom. The van der Waals surface area contributed by atoms with Crippen molar-refractivity contribution >= 4 is 29.2 Å². The fourth-order valence-electron chi connectivity index (χ4n) is 1.59. The Morgan fingerprint density at radius 1 is 1.16 bits per heavy atom. The van der Waals surface area contributed by atoms with E-state index in [0.717, 1.165) is 0 Å². The molecule has 19 heavy (non-hydrogen) atoms. The zero-order valence-electron chi connectivity index (χ0n) is 10.1. The molecule has 1 saturated heterocycles. The highest BCUT2D eigenvalue weighted by Crippen LogP contribution is 2.06. The molecule has 0 spiro atoms. The Morgan fingerprint density at radius 3 is 2.26 bits per heavy atom. The maximum absolute atomic E-state index is 11.6. The number of nitrogens with one attached hydrogen (secondary N) is 3. The number of carbonyl (C=O) groups excluding carboxylic acids is 3. The molecule has 1 fully saturated rings. The minimum absolute atomic E-state index is 0.0312. The van der Waals surface area contributed by atoms with Crippen molar-refractivity contribution in [3.05, 3.63) is 30.3 Å². The minimum atomic E-state index is -1.31. The number of guanidine groups is 1. The SMILES string of the molecule is CC(=O)C1C(=O)NC(=NNc2ccccc2)NC1=O. The number of benzene rings is 1. The van der Waals surface area contributed by atoms with E-state index in [-0.39, 0.29) is 5.96 Å². The van der Waals surface area contributed by atoms with Gasteiger partial charge in [-0.1, -0.05) is 18.2 Å². The third-order valence-electron chi connectivity index (χ3n) is 2.48. The van der Waals surface area contributed by atoms with E-state index < -0.39 is 23.5 Å². The Kier molecular flexibility index (Phi) is 3.56. The van der Waals surface area contributed by atoms with Crippen LogP contribution in [0.2, 0.25) is 0 Å². The molecular weight excluding hydrogens is 248 g/mol. The highest BCUT2D eigenvalue weighted by atomic mass is 16.2. The smallest absolute Gasteiger partial charge is 0.246 e. The molecule has 0 aliphatic carbocycles. The molecule has 0 unspecified atom stereocenters. The highest BCUT2D eigenvalue weighted by Gasteiger charge is 2.36. The maximum atomic E-state index is 11.6. The summed E-state index contributed by atoms with van der Waals surface area (Å²) in [5, 5.41) is 8.53. The standard InChI is InChI=1S/C12H12N4O3/c1-7(17)9-10(18)13-12(14-11(9)19)16-15-8-5-3-2-4-6-8/h2-6,9,15H,1H3,(H2,13,14,16,18,19). The first-order chi connectivity index (χ1) is 9.08. The van der Waals surface area contributed by atoms with Crippen LogP contribution >= 0.6 is 0 Å². The van der Waals surface area contributed by atoms with Crippen LogP contribution in [0.3, 0.4) is 0 Å². The number of amides is 2. The first-order valence-electron chi connectivity index (χ1n) is 5.59. The van der Waals surface area contributed by atoms with Gasteiger partial charge in [0, 0.05) is 0 Å². The van der Waals surface area contributed by atoms with E-state index in [1.807, 2.05) is 18.2 Å². The minimum Gasteiger partial charge on any atom is -0.299 e. The second kappa shape index (κ2) is 5.30. The summed E-state index contributed by atoms with van der Waals surface area (Å²) in [6.45, 7) is 1.19. The second-order valence-electron chi connectivity index (χ2n) is 3.96. The number of anilines is 1. The molecule has 0 bridgehead atoms. The highest BCUT2D eigenvalue weighted by molar-refractivity contribution is 6.27. The van der Waals surface area contributed by atoms with Gasteiger partial charge in [-0.2, -0.15) is 0 Å². The monoisotopic (exact) mass is 260 g/mol. The van der Waals surface area contributed by atoms with E-state index in [2.05, 4.69) is 21.2 Å². The third kappa shape index (κ3) is 2.95. The van der Waals surface area contributed by atoms with Crippen molar-refractivity contribution in [3.8, 4) is 0 Å². The average Bonchev–Trinajstić information content (AvgIpc) is 2.36. The van der Waals surface area contributed by atoms with Crippen molar-refractivity contribution in [1.82, 2.24) is 10.6 Å². The quantitative estimate of drug-likeness (QED) is 0.518. The van der Waals surface area contributed by atoms with Gasteiger partial charge in [-0.15, -0.1) is 5.10 Å². The predicted octanol–water partition coefficient (Wildman–Crippen LogP) is -0.179. The van der Waals surface area contributed by atoms with Gasteiger partial charge in [0.15, 0.2) is 11.7 Å². The van der Waals surface area contributed by atoms with E-state index in [4.69, 9.17) is 0 Å². The number of rotatable bonds is 3. The zero-order valence-corrected chi connectivity index (χ0v) is 10.1. The number of Topliss-reactive ketones (excluding diaryl/α,β-unsaturated/α-hetero) is 1. The number of carbonyl (C=O) groups is 3. The van der Waals surface area contributed by atoms with Gasteiger partial charge < -0.3 is 0 Å². The molecule has 0 atom stereocenters. The van der Waals surface area contributed by atoms with Gasteiger partial charge in [0.05, 0.1) is 5.69 Å². The molecule has 3 N–H and O–H groups in total. The fraction of sp³-hybridized carbons (Fsp3) is 0.167. The summed E-state index contributed by atoms with van der Waals surface area (Å²) >= 11 is 0. The van der Waals surface area contributed by atoms with Crippen LogP contribution in [-0.2, 0) is 14.4 Å². The van der Waals surface area contributed by atoms with Crippen molar-refractivity contribution < 1.29 is 14.4 Å². The Balaban J connectivity index is 2.06. The van der Waals surface area contributed by atoms with Crippen LogP contribution in [0.5, 0.6) is 0 Å². The lowest BCUT2D eigenvalue weighted by Crippen LogP contribution is -2.58. The van der Waals surface area contributed by atoms with Crippen LogP contribution < -0.4 is 16.1 Å². The average molecular weight is 260 g/mol. The molecule has 0 radical (unpaired) electrons. The summed E-state index contributed by atoms with van der Waals surface area (Å²) in [7, 11) is 0. The van der Waals surface area contributed by atoms with E-state index in [1.54, 1.807) is 12.1 Å². The van der Waals surface area contributed by atoms with Gasteiger partial charge in [0.1, 0.15) is 0 Å². The third-order valence-corrected chi connectivity index (χ3v) is 2.48. The lowest BCUT2D eigenvalue weighted by atomic mass is 10.0. The van der Waals surface area contributed by atoms with Gasteiger partial charge in [0.25, 0.3) is 0 Å². The molecule has 0 saturated carbocycles. The Hall–Kier alpha value is -2.70. The first kappa shape index (κ1) is 12.7. The van der Waals surface area contributed by atoms with Crippen molar-refractivity contribution in [3.63, 3.8) is 0 Å². The van der Waals surface area contributed by atoms with Crippen LogP contribution in [0, 0.1) is 5.92 Å². The molecule has 98 valence electrons. The molecule has 7 heteroatoms. The van der Waals surface area contributed by atoms with Crippen LogP contribution in [0.4, 0.5) is 5.69 Å². The van der Waals surface area contributed by atoms with E-state index in [0.29, 0.717) is 5.69 Å². The van der Waals surface area contributed by atoms with Crippen molar-refractivity contribution in [2.75, 3.05) is 5.43 Å². The van der Waals surface area contributed by atoms with Gasteiger partial charge in [-0.25, -0.2) is 0 Å². The van der Waals surface area contributed by atoms with Gasteiger partial charge >= 0.3 is 0 Å². The molecule has 2 rings (SSSR count). The van der Waals surface area contributed by atoms with Gasteiger partial charge in [-0.3, -0.25) is 30.4 Å². The number of hydrazone groups is 1. The topological polar surface area (TPSA) is 99.7 Å². The number of hydrogen-bond acceptors (Lipinski definition) is 5. The Bertz CT molecular complexity index is 533. The molecular formula is C12H12N4O3. The molecule has 2 amide bonds. The number of ketones is 1. The summed E-state index contributed by atoms with van der Waals surface area (Å²) in [6, 6.07) is 9.02. The maximum Gasteiger partial charge on any atom is 0.246 e. The normalized spacial score (nSPS) is 18.4. The van der Waals surface area contributed by atoms with Crippen LogP contribution in [0.15, 0.2) is 35.4 Å². The lowest BCUT2D eigenvalue weighted by molar-refractivity contribution is -0.141. The first-order valence-corrected chi connectivity index (χ1v) is 5.59. The summed E-state index contributed by atoms with van der Waals surface area (Å²) in [6.07, 6.45) is 0. The molecule has 1 heterocycles. The van der Waals surface area contributed by atoms with E-state index in [9.17, 15) is 14.4 Å². The summed E-state index contributed by atoms with van der Waals surface area (Å²) in [4.78, 5) is 34.3. The molecule has 1 aromatic carbocycles. The number of nitrogens with zero attached hydrogens (tertiary/aromatic N) is 1. The van der Waals surface area contributed by atoms with Crippen molar-refractivity contribution in [2.45, 2.75) is 6.92 Å². The van der Waals surface area contributed by atoms with Gasteiger partial charge in [0.2, 0.25) is 17.8 Å². The molecule has 7 nitrogen and oxygen atoms in total. The lowest BCUT2D eigenvalue weighted by Gasteiger charge is -2.21. The van der Waals surface area contributed by atoms with E-state index >= 15 is 0 Å². The summed E-state index contributed by atoms with van der Waals surface area (Å²) < 4.78 is 0. The largest absolute Gasteiger partial charge is 0.299 e. The Labute approximate surface area is 109 Å². The predicted molar refractivity (Wildman–Crippen MR) is 68.0 cm³/mol. The van der Waals surface area contributed by atoms with E-state index in [1.165, 1.54) is 6.92 Å². The fourth-order valence-corrected chi connectivity index (χ4v) is 1.59. The van der Waals surface area contributed by atoms with Crippen molar-refractivity contribution in [2.24, 2.45) is 11.0 Å². The van der Waals surface area contributed by atoms with Crippen LogP contribution in [0.25, 0.3) is 0 Å². The summed E-state index contributed by atoms with van der Waals surface area (Å²) in [5.74, 6) is -3.20.